The molecule has 2 aliphatic heterocycles. The number of ether oxygens (including phenoxy) is 1. The summed E-state index contributed by atoms with van der Waals surface area (Å²) in [4.78, 5) is 6.80. The van der Waals surface area contributed by atoms with Crippen molar-refractivity contribution in [2.75, 3.05) is 50.1 Å². The van der Waals surface area contributed by atoms with Crippen LogP contribution in [-0.4, -0.2) is 70.3 Å². The monoisotopic (exact) mass is 466 g/mol. The molecule has 2 aliphatic rings. The fraction of sp³-hybridized carbons (Fsp3) is 0.391. The standard InChI is InChI=1S/C23H24F2N8O/c1-32-8-9-34-20-18(32)12-28-33-21(30-31-22(20)33)16-3-2-14-10-15(24)11-17(19(14)29-16)27-13-23(25)4-6-26-7-5-23/h2-3,10-12,26-27H,4-9,13H2,1H3. The van der Waals surface area contributed by atoms with E-state index in [0.717, 1.165) is 12.2 Å². The van der Waals surface area contributed by atoms with Gasteiger partial charge in [-0.3, -0.25) is 0 Å². The Morgan fingerprint density at radius 3 is 2.91 bits per heavy atom. The first kappa shape index (κ1) is 21.0. The van der Waals surface area contributed by atoms with E-state index in [1.54, 1.807) is 22.8 Å². The number of hydrogen-bond donors (Lipinski definition) is 2. The van der Waals surface area contributed by atoms with Gasteiger partial charge in [0.25, 0.3) is 0 Å². The van der Waals surface area contributed by atoms with Gasteiger partial charge >= 0.3 is 0 Å². The zero-order chi connectivity index (χ0) is 23.3. The fourth-order valence-corrected chi connectivity index (χ4v) is 4.55. The molecule has 0 radical (unpaired) electrons. The van der Waals surface area contributed by atoms with Crippen molar-refractivity contribution in [2.45, 2.75) is 18.5 Å². The Bertz CT molecular complexity index is 1380. The van der Waals surface area contributed by atoms with Crippen LogP contribution in [0.1, 0.15) is 12.8 Å². The first-order valence-electron chi connectivity index (χ1n) is 11.3. The molecular formula is C23H24F2N8O. The van der Waals surface area contributed by atoms with E-state index < -0.39 is 11.5 Å². The van der Waals surface area contributed by atoms with E-state index in [-0.39, 0.29) is 6.54 Å². The van der Waals surface area contributed by atoms with Crippen LogP contribution in [0, 0.1) is 5.82 Å². The number of rotatable bonds is 4. The Hall–Kier alpha value is -3.60. The number of anilines is 2. The highest BCUT2D eigenvalue weighted by Gasteiger charge is 2.31. The van der Waals surface area contributed by atoms with Crippen molar-refractivity contribution in [3.05, 3.63) is 36.3 Å². The van der Waals surface area contributed by atoms with Crippen LogP contribution in [0.4, 0.5) is 20.2 Å². The van der Waals surface area contributed by atoms with Crippen molar-refractivity contribution < 1.29 is 13.5 Å². The Labute approximate surface area is 194 Å². The summed E-state index contributed by atoms with van der Waals surface area (Å²) in [7, 11) is 1.97. The summed E-state index contributed by atoms with van der Waals surface area (Å²) >= 11 is 0. The van der Waals surface area contributed by atoms with Gasteiger partial charge < -0.3 is 20.3 Å². The summed E-state index contributed by atoms with van der Waals surface area (Å²) in [5.74, 6) is 0.653. The van der Waals surface area contributed by atoms with Crippen LogP contribution in [0.15, 0.2) is 30.5 Å². The van der Waals surface area contributed by atoms with Gasteiger partial charge in [0.15, 0.2) is 5.75 Å². The molecule has 34 heavy (non-hydrogen) atoms. The van der Waals surface area contributed by atoms with Gasteiger partial charge in [0, 0.05) is 19.0 Å². The maximum atomic E-state index is 15.1. The van der Waals surface area contributed by atoms with E-state index in [0.29, 0.717) is 72.0 Å². The molecule has 1 fully saturated rings. The maximum absolute atomic E-state index is 15.1. The molecule has 0 bridgehead atoms. The zero-order valence-electron chi connectivity index (χ0n) is 18.7. The first-order chi connectivity index (χ1) is 16.5. The van der Waals surface area contributed by atoms with Gasteiger partial charge in [-0.15, -0.1) is 10.2 Å². The lowest BCUT2D eigenvalue weighted by atomic mass is 9.94. The number of hydrogen-bond acceptors (Lipinski definition) is 8. The van der Waals surface area contributed by atoms with Crippen LogP contribution in [0.3, 0.4) is 0 Å². The van der Waals surface area contributed by atoms with Gasteiger partial charge in [-0.25, -0.2) is 13.8 Å². The lowest BCUT2D eigenvalue weighted by Gasteiger charge is -2.30. The third-order valence-electron chi connectivity index (χ3n) is 6.54. The Morgan fingerprint density at radius 1 is 1.21 bits per heavy atom. The highest BCUT2D eigenvalue weighted by Crippen LogP contribution is 2.35. The number of pyridine rings is 1. The van der Waals surface area contributed by atoms with E-state index in [1.807, 2.05) is 7.05 Å². The van der Waals surface area contributed by atoms with Crippen LogP contribution < -0.4 is 20.3 Å². The second-order valence-corrected chi connectivity index (χ2v) is 8.86. The Kier molecular flexibility index (Phi) is 4.94. The number of nitrogens with one attached hydrogen (secondary N) is 2. The molecule has 1 saturated heterocycles. The smallest absolute Gasteiger partial charge is 0.222 e. The molecule has 0 unspecified atom stereocenters. The van der Waals surface area contributed by atoms with E-state index in [9.17, 15) is 4.39 Å². The average molecular weight is 466 g/mol. The molecule has 11 heteroatoms. The summed E-state index contributed by atoms with van der Waals surface area (Å²) in [5, 5.41) is 20.0. The second kappa shape index (κ2) is 8.01. The number of nitrogens with zero attached hydrogens (tertiary/aromatic N) is 6. The highest BCUT2D eigenvalue weighted by molar-refractivity contribution is 5.92. The number of likely N-dealkylation sites (N-methyl/N-ethyl adjacent to an activating group) is 1. The van der Waals surface area contributed by atoms with Crippen LogP contribution in [0.2, 0.25) is 0 Å². The minimum absolute atomic E-state index is 0.0888. The van der Waals surface area contributed by atoms with E-state index >= 15 is 4.39 Å². The minimum Gasteiger partial charge on any atom is -0.486 e. The molecule has 2 N–H and O–H groups in total. The van der Waals surface area contributed by atoms with Crippen molar-refractivity contribution in [1.29, 1.82) is 0 Å². The summed E-state index contributed by atoms with van der Waals surface area (Å²) in [6, 6.07) is 6.28. The molecule has 0 saturated carbocycles. The fourth-order valence-electron chi connectivity index (χ4n) is 4.55. The van der Waals surface area contributed by atoms with Crippen LogP contribution >= 0.6 is 0 Å². The lowest BCUT2D eigenvalue weighted by molar-refractivity contribution is 0.131. The van der Waals surface area contributed by atoms with E-state index in [1.165, 1.54) is 12.1 Å². The molecule has 9 nitrogen and oxygen atoms in total. The van der Waals surface area contributed by atoms with E-state index in [2.05, 4.69) is 30.8 Å². The lowest BCUT2D eigenvalue weighted by Crippen LogP contribution is -2.43. The van der Waals surface area contributed by atoms with E-state index in [4.69, 9.17) is 9.72 Å². The predicted molar refractivity (Wildman–Crippen MR) is 125 cm³/mol. The number of halogens is 2. The quantitative estimate of drug-likeness (QED) is 0.475. The largest absolute Gasteiger partial charge is 0.486 e. The van der Waals surface area contributed by atoms with Crippen molar-refractivity contribution >= 4 is 27.9 Å². The SMILES string of the molecule is CN1CCOc2c1cnn1c(-c3ccc4cc(F)cc(NCC5(F)CCNCC5)c4n3)nnc21. The molecule has 3 aromatic heterocycles. The summed E-state index contributed by atoms with van der Waals surface area (Å²) < 4.78 is 36.9. The van der Waals surface area contributed by atoms with Gasteiger partial charge in [-0.05, 0) is 44.1 Å². The van der Waals surface area contributed by atoms with Gasteiger partial charge in [0.2, 0.25) is 11.5 Å². The molecule has 6 rings (SSSR count). The summed E-state index contributed by atoms with van der Waals surface area (Å²) in [6.45, 7) is 2.65. The summed E-state index contributed by atoms with van der Waals surface area (Å²) in [5.41, 5.74) is 1.50. The number of alkyl halides is 1. The number of piperidine rings is 1. The molecule has 1 aromatic carbocycles. The molecule has 0 amide bonds. The van der Waals surface area contributed by atoms with Crippen molar-refractivity contribution in [3.63, 3.8) is 0 Å². The minimum atomic E-state index is -1.35. The third kappa shape index (κ3) is 3.56. The average Bonchev–Trinajstić information content (AvgIpc) is 3.28. The number of benzene rings is 1. The van der Waals surface area contributed by atoms with Crippen molar-refractivity contribution in [2.24, 2.45) is 0 Å². The topological polar surface area (TPSA) is 92.5 Å². The van der Waals surface area contributed by atoms with Gasteiger partial charge in [-0.2, -0.15) is 9.61 Å². The maximum Gasteiger partial charge on any atom is 0.222 e. The molecular weight excluding hydrogens is 442 g/mol. The third-order valence-corrected chi connectivity index (χ3v) is 6.54. The summed E-state index contributed by atoms with van der Waals surface area (Å²) in [6.07, 6.45) is 2.54. The predicted octanol–water partition coefficient (Wildman–Crippen LogP) is 2.81. The first-order valence-corrected chi connectivity index (χ1v) is 11.3. The Morgan fingerprint density at radius 2 is 2.06 bits per heavy atom. The Balaban J connectivity index is 1.40. The molecule has 4 aromatic rings. The number of fused-ring (bicyclic) bond motifs is 4. The van der Waals surface area contributed by atoms with Crippen molar-refractivity contribution in [1.82, 2.24) is 30.1 Å². The second-order valence-electron chi connectivity index (χ2n) is 8.86. The number of aromatic nitrogens is 5. The molecule has 0 atom stereocenters. The molecule has 5 heterocycles. The van der Waals surface area contributed by atoms with Gasteiger partial charge in [0.05, 0.1) is 23.9 Å². The van der Waals surface area contributed by atoms with Gasteiger partial charge in [0.1, 0.15) is 29.5 Å². The van der Waals surface area contributed by atoms with Crippen LogP contribution in [0.25, 0.3) is 28.1 Å². The highest BCUT2D eigenvalue weighted by atomic mass is 19.1. The van der Waals surface area contributed by atoms with Crippen LogP contribution in [-0.2, 0) is 0 Å². The van der Waals surface area contributed by atoms with Crippen molar-refractivity contribution in [3.8, 4) is 17.3 Å². The molecule has 0 aliphatic carbocycles. The normalized spacial score (nSPS) is 17.6. The molecule has 0 spiro atoms. The zero-order valence-corrected chi connectivity index (χ0v) is 18.7. The van der Waals surface area contributed by atoms with Crippen LogP contribution in [0.5, 0.6) is 5.75 Å². The molecule has 176 valence electrons. The van der Waals surface area contributed by atoms with Gasteiger partial charge in [-0.1, -0.05) is 6.07 Å².